The molecule has 0 fully saturated rings. The van der Waals surface area contributed by atoms with Crippen molar-refractivity contribution in [3.63, 3.8) is 0 Å². The first-order valence-corrected chi connectivity index (χ1v) is 9.64. The van der Waals surface area contributed by atoms with Crippen molar-refractivity contribution in [1.82, 2.24) is 4.72 Å². The molecule has 1 N–H and O–H groups in total. The quantitative estimate of drug-likeness (QED) is 0.896. The number of ether oxygens (including phenoxy) is 1. The second-order valence-electron chi connectivity index (χ2n) is 7.19. The zero-order valence-corrected chi connectivity index (χ0v) is 15.6. The largest absolute Gasteiger partial charge is 0.487 e. The van der Waals surface area contributed by atoms with Crippen LogP contribution in [0.4, 0.5) is 4.39 Å². The first-order valence-electron chi connectivity index (χ1n) is 8.15. The van der Waals surface area contributed by atoms with Crippen molar-refractivity contribution in [2.45, 2.75) is 50.7 Å². The van der Waals surface area contributed by atoms with Gasteiger partial charge in [0.2, 0.25) is 10.0 Å². The van der Waals surface area contributed by atoms with E-state index in [1.807, 2.05) is 39.0 Å². The molecule has 25 heavy (non-hydrogen) atoms. The molecule has 0 saturated heterocycles. The Bertz CT molecular complexity index is 922. The molecular formula is C19H22FNO3S. The van der Waals surface area contributed by atoms with Gasteiger partial charge in [-0.2, -0.15) is 0 Å². The fraction of sp³-hybridized carbons (Fsp3) is 0.368. The van der Waals surface area contributed by atoms with Gasteiger partial charge in [-0.3, -0.25) is 0 Å². The van der Waals surface area contributed by atoms with Gasteiger partial charge < -0.3 is 4.74 Å². The summed E-state index contributed by atoms with van der Waals surface area (Å²) in [4.78, 5) is 0.0601. The van der Waals surface area contributed by atoms with Crippen LogP contribution in [0.15, 0.2) is 41.3 Å². The molecule has 0 bridgehead atoms. The van der Waals surface area contributed by atoms with Crippen molar-refractivity contribution in [3.8, 4) is 5.75 Å². The van der Waals surface area contributed by atoms with E-state index < -0.39 is 27.5 Å². The van der Waals surface area contributed by atoms with Crippen LogP contribution in [0.1, 0.15) is 43.0 Å². The van der Waals surface area contributed by atoms with Gasteiger partial charge >= 0.3 is 0 Å². The number of rotatable bonds is 3. The van der Waals surface area contributed by atoms with Crippen LogP contribution < -0.4 is 9.46 Å². The fourth-order valence-electron chi connectivity index (χ4n) is 3.12. The van der Waals surface area contributed by atoms with Crippen LogP contribution >= 0.6 is 0 Å². The van der Waals surface area contributed by atoms with Crippen molar-refractivity contribution in [1.29, 1.82) is 0 Å². The fourth-order valence-corrected chi connectivity index (χ4v) is 4.42. The number of halogens is 1. The molecule has 0 spiro atoms. The number of benzene rings is 2. The van der Waals surface area contributed by atoms with E-state index in [2.05, 4.69) is 4.72 Å². The van der Waals surface area contributed by atoms with Crippen molar-refractivity contribution in [2.75, 3.05) is 0 Å². The second kappa shape index (κ2) is 6.11. The van der Waals surface area contributed by atoms with Crippen molar-refractivity contribution in [3.05, 3.63) is 58.9 Å². The zero-order chi connectivity index (χ0) is 18.4. The molecule has 1 aliphatic heterocycles. The normalized spacial score (nSPS) is 19.2. The van der Waals surface area contributed by atoms with Gasteiger partial charge in [-0.1, -0.05) is 17.7 Å². The molecule has 1 unspecified atom stereocenters. The molecule has 2 aromatic carbocycles. The van der Waals surface area contributed by atoms with Crippen LogP contribution in [0.3, 0.4) is 0 Å². The molecule has 6 heteroatoms. The lowest BCUT2D eigenvalue weighted by Crippen LogP contribution is -2.41. The summed E-state index contributed by atoms with van der Waals surface area (Å²) in [5.41, 5.74) is 1.66. The van der Waals surface area contributed by atoms with Gasteiger partial charge in [0.05, 0.1) is 10.9 Å². The minimum atomic E-state index is -3.78. The lowest BCUT2D eigenvalue weighted by molar-refractivity contribution is 0.0701. The number of hydrogen-bond acceptors (Lipinski definition) is 3. The Labute approximate surface area is 148 Å². The standard InChI is InChI=1S/C19H22FNO3S/c1-12-5-8-18-15(9-12)17(11-19(3,4)24-18)21-25(22,23)14-6-7-16(20)13(2)10-14/h5-10,17,21H,11H2,1-4H3. The summed E-state index contributed by atoms with van der Waals surface area (Å²) in [6.45, 7) is 7.36. The van der Waals surface area contributed by atoms with Gasteiger partial charge in [0.25, 0.3) is 0 Å². The van der Waals surface area contributed by atoms with E-state index >= 15 is 0 Å². The Morgan fingerprint density at radius 2 is 1.88 bits per heavy atom. The predicted molar refractivity (Wildman–Crippen MR) is 94.7 cm³/mol. The predicted octanol–water partition coefficient (Wildman–Crippen LogP) is 4.02. The lowest BCUT2D eigenvalue weighted by Gasteiger charge is -2.38. The summed E-state index contributed by atoms with van der Waals surface area (Å²) < 4.78 is 47.8. The van der Waals surface area contributed by atoms with E-state index in [4.69, 9.17) is 4.74 Å². The Hall–Kier alpha value is -1.92. The molecular weight excluding hydrogens is 341 g/mol. The van der Waals surface area contributed by atoms with E-state index in [1.165, 1.54) is 18.2 Å². The third-order valence-electron chi connectivity index (χ3n) is 4.36. The highest BCUT2D eigenvalue weighted by atomic mass is 32.2. The number of fused-ring (bicyclic) bond motifs is 1. The van der Waals surface area contributed by atoms with E-state index in [1.54, 1.807) is 6.92 Å². The maximum absolute atomic E-state index is 13.5. The monoisotopic (exact) mass is 363 g/mol. The third-order valence-corrected chi connectivity index (χ3v) is 5.83. The number of aryl methyl sites for hydroxylation is 2. The summed E-state index contributed by atoms with van der Waals surface area (Å²) >= 11 is 0. The Morgan fingerprint density at radius 1 is 1.16 bits per heavy atom. The summed E-state index contributed by atoms with van der Waals surface area (Å²) in [5, 5.41) is 0. The summed E-state index contributed by atoms with van der Waals surface area (Å²) in [6, 6.07) is 9.15. The number of nitrogens with one attached hydrogen (secondary N) is 1. The summed E-state index contributed by atoms with van der Waals surface area (Å²) in [5.74, 6) is 0.261. The third kappa shape index (κ3) is 3.70. The molecule has 0 saturated carbocycles. The molecule has 4 nitrogen and oxygen atoms in total. The summed E-state index contributed by atoms with van der Waals surface area (Å²) in [7, 11) is -3.78. The molecule has 0 aromatic heterocycles. The molecule has 1 atom stereocenters. The van der Waals surface area contributed by atoms with Gasteiger partial charge in [0.15, 0.2) is 0 Å². The molecule has 1 aliphatic rings. The van der Waals surface area contributed by atoms with Gasteiger partial charge in [0, 0.05) is 12.0 Å². The Balaban J connectivity index is 1.99. The average molecular weight is 363 g/mol. The van der Waals surface area contributed by atoms with E-state index in [-0.39, 0.29) is 4.90 Å². The van der Waals surface area contributed by atoms with Crippen LogP contribution in [-0.2, 0) is 10.0 Å². The van der Waals surface area contributed by atoms with Crippen LogP contribution in [0, 0.1) is 19.7 Å². The van der Waals surface area contributed by atoms with Gasteiger partial charge in [-0.05, 0) is 57.5 Å². The van der Waals surface area contributed by atoms with Crippen LogP contribution in [0.2, 0.25) is 0 Å². The SMILES string of the molecule is Cc1ccc2c(c1)C(NS(=O)(=O)c1ccc(F)c(C)c1)CC(C)(C)O2. The average Bonchev–Trinajstić information content (AvgIpc) is 2.49. The maximum atomic E-state index is 13.5. The minimum Gasteiger partial charge on any atom is -0.487 e. The zero-order valence-electron chi connectivity index (χ0n) is 14.8. The van der Waals surface area contributed by atoms with Crippen LogP contribution in [0.25, 0.3) is 0 Å². The molecule has 0 radical (unpaired) electrons. The Kier molecular flexibility index (Phi) is 4.37. The number of sulfonamides is 1. The van der Waals surface area contributed by atoms with Gasteiger partial charge in [-0.15, -0.1) is 0 Å². The topological polar surface area (TPSA) is 55.4 Å². The van der Waals surface area contributed by atoms with E-state index in [0.717, 1.165) is 11.1 Å². The molecule has 134 valence electrons. The van der Waals surface area contributed by atoms with Crippen LogP contribution in [0.5, 0.6) is 5.75 Å². The summed E-state index contributed by atoms with van der Waals surface area (Å²) in [6.07, 6.45) is 0.503. The second-order valence-corrected chi connectivity index (χ2v) is 8.91. The first-order chi connectivity index (χ1) is 11.6. The molecule has 2 aromatic rings. The maximum Gasteiger partial charge on any atom is 0.241 e. The molecule has 0 aliphatic carbocycles. The van der Waals surface area contributed by atoms with E-state index in [0.29, 0.717) is 17.7 Å². The van der Waals surface area contributed by atoms with Crippen LogP contribution in [-0.4, -0.2) is 14.0 Å². The highest BCUT2D eigenvalue weighted by Gasteiger charge is 2.36. The highest BCUT2D eigenvalue weighted by molar-refractivity contribution is 7.89. The van der Waals surface area contributed by atoms with Crippen molar-refractivity contribution < 1.29 is 17.5 Å². The van der Waals surface area contributed by atoms with Gasteiger partial charge in [0.1, 0.15) is 17.2 Å². The smallest absolute Gasteiger partial charge is 0.241 e. The minimum absolute atomic E-state index is 0.0601. The molecule has 1 heterocycles. The molecule has 0 amide bonds. The molecule has 3 rings (SSSR count). The Morgan fingerprint density at radius 3 is 2.56 bits per heavy atom. The van der Waals surface area contributed by atoms with Crippen molar-refractivity contribution >= 4 is 10.0 Å². The number of hydrogen-bond donors (Lipinski definition) is 1. The van der Waals surface area contributed by atoms with Gasteiger partial charge in [-0.25, -0.2) is 17.5 Å². The first kappa shape index (κ1) is 17.9. The highest BCUT2D eigenvalue weighted by Crippen LogP contribution is 2.40. The van der Waals surface area contributed by atoms with Crippen molar-refractivity contribution in [2.24, 2.45) is 0 Å². The lowest BCUT2D eigenvalue weighted by atomic mass is 9.89. The van der Waals surface area contributed by atoms with E-state index in [9.17, 15) is 12.8 Å².